The minimum Gasteiger partial charge on any atom is -0.493 e. The van der Waals surface area contributed by atoms with Gasteiger partial charge < -0.3 is 9.47 Å². The third-order valence-electron chi connectivity index (χ3n) is 5.03. The van der Waals surface area contributed by atoms with Crippen LogP contribution in [0.1, 0.15) is 16.7 Å². The van der Waals surface area contributed by atoms with Crippen LogP contribution in [0.5, 0.6) is 11.5 Å². The van der Waals surface area contributed by atoms with E-state index in [1.165, 1.54) is 11.6 Å². The predicted octanol–water partition coefficient (Wildman–Crippen LogP) is 4.78. The van der Waals surface area contributed by atoms with Crippen molar-refractivity contribution in [2.75, 3.05) is 12.5 Å². The van der Waals surface area contributed by atoms with E-state index in [9.17, 15) is 4.79 Å². The van der Waals surface area contributed by atoms with Crippen LogP contribution in [0.3, 0.4) is 0 Å². The van der Waals surface area contributed by atoms with Crippen molar-refractivity contribution < 1.29 is 9.47 Å². The number of methoxy groups -OCH3 is 1. The monoisotopic (exact) mass is 440 g/mol. The van der Waals surface area contributed by atoms with Gasteiger partial charge in [0.05, 0.1) is 19.0 Å². The van der Waals surface area contributed by atoms with Gasteiger partial charge in [-0.3, -0.25) is 9.78 Å². The van der Waals surface area contributed by atoms with Crippen molar-refractivity contribution in [1.82, 2.24) is 9.97 Å². The summed E-state index contributed by atoms with van der Waals surface area (Å²) in [5.41, 5.74) is 7.02. The second-order valence-electron chi connectivity index (χ2n) is 7.34. The van der Waals surface area contributed by atoms with Crippen LogP contribution in [0.15, 0.2) is 88.8 Å². The molecule has 33 heavy (non-hydrogen) atoms. The molecular weight excluding hydrogens is 416 g/mol. The summed E-state index contributed by atoms with van der Waals surface area (Å²) in [6.45, 7) is 2.51. The number of hydrogen-bond donors (Lipinski definition) is 2. The standard InChI is InChI=1S/C26H24N4O3/c1-18-8-6-7-11-21(18)17-33-23-13-12-19(14-24(23)32-2)16-27-30-26-28-22(15-25(31)29-26)20-9-4-3-5-10-20/h3-16H,17H2,1-2H3,(H2,28,29,30,31)/b27-16+. The van der Waals surface area contributed by atoms with Gasteiger partial charge in [-0.1, -0.05) is 54.6 Å². The maximum absolute atomic E-state index is 12.0. The molecule has 0 unspecified atom stereocenters. The fraction of sp³-hybridized carbons (Fsp3) is 0.115. The molecule has 0 aliphatic carbocycles. The molecule has 7 nitrogen and oxygen atoms in total. The van der Waals surface area contributed by atoms with Crippen LogP contribution < -0.4 is 20.5 Å². The highest BCUT2D eigenvalue weighted by molar-refractivity contribution is 5.81. The van der Waals surface area contributed by atoms with Crippen LogP contribution >= 0.6 is 0 Å². The lowest BCUT2D eigenvalue weighted by Crippen LogP contribution is -2.10. The Labute approximate surface area is 191 Å². The lowest BCUT2D eigenvalue weighted by Gasteiger charge is -2.12. The first-order valence-corrected chi connectivity index (χ1v) is 10.4. The Bertz CT molecular complexity index is 1320. The molecule has 4 aromatic rings. The van der Waals surface area contributed by atoms with Crippen molar-refractivity contribution in [2.24, 2.45) is 5.10 Å². The van der Waals surface area contributed by atoms with E-state index in [4.69, 9.17) is 9.47 Å². The number of nitrogens with one attached hydrogen (secondary N) is 2. The fourth-order valence-corrected chi connectivity index (χ4v) is 3.25. The van der Waals surface area contributed by atoms with Crippen molar-refractivity contribution in [3.8, 4) is 22.8 Å². The summed E-state index contributed by atoms with van der Waals surface area (Å²) in [4.78, 5) is 19.1. The van der Waals surface area contributed by atoms with E-state index in [1.807, 2.05) is 66.7 Å². The maximum Gasteiger partial charge on any atom is 0.252 e. The highest BCUT2D eigenvalue weighted by atomic mass is 16.5. The third kappa shape index (κ3) is 5.65. The number of hydrazone groups is 1. The van der Waals surface area contributed by atoms with E-state index in [0.717, 1.165) is 16.7 Å². The molecule has 2 N–H and O–H groups in total. The number of nitrogens with zero attached hydrogens (tertiary/aromatic N) is 2. The van der Waals surface area contributed by atoms with Crippen molar-refractivity contribution in [3.05, 3.63) is 106 Å². The fourth-order valence-electron chi connectivity index (χ4n) is 3.25. The summed E-state index contributed by atoms with van der Waals surface area (Å²) in [5.74, 6) is 1.50. The molecule has 0 aliphatic heterocycles. The summed E-state index contributed by atoms with van der Waals surface area (Å²) < 4.78 is 11.4. The molecular formula is C26H24N4O3. The summed E-state index contributed by atoms with van der Waals surface area (Å²) in [6.07, 6.45) is 1.61. The summed E-state index contributed by atoms with van der Waals surface area (Å²) in [6, 6.07) is 24.6. The average Bonchev–Trinajstić information content (AvgIpc) is 2.84. The Morgan fingerprint density at radius 2 is 1.79 bits per heavy atom. The summed E-state index contributed by atoms with van der Waals surface area (Å²) in [5, 5.41) is 4.19. The van der Waals surface area contributed by atoms with Gasteiger partial charge in [0, 0.05) is 11.6 Å². The second kappa shape index (κ2) is 10.3. The molecule has 0 saturated heterocycles. The summed E-state index contributed by atoms with van der Waals surface area (Å²) in [7, 11) is 1.60. The van der Waals surface area contributed by atoms with Crippen molar-refractivity contribution >= 4 is 12.2 Å². The van der Waals surface area contributed by atoms with E-state index in [1.54, 1.807) is 13.3 Å². The van der Waals surface area contributed by atoms with Crippen LogP contribution in [0.4, 0.5) is 5.95 Å². The van der Waals surface area contributed by atoms with Crippen molar-refractivity contribution in [1.29, 1.82) is 0 Å². The zero-order valence-corrected chi connectivity index (χ0v) is 18.4. The number of H-pyrrole nitrogens is 1. The lowest BCUT2D eigenvalue weighted by atomic mass is 10.1. The summed E-state index contributed by atoms with van der Waals surface area (Å²) >= 11 is 0. The van der Waals surface area contributed by atoms with Crippen LogP contribution in [-0.4, -0.2) is 23.3 Å². The molecule has 166 valence electrons. The molecule has 0 saturated carbocycles. The van der Waals surface area contributed by atoms with E-state index >= 15 is 0 Å². The molecule has 3 aromatic carbocycles. The SMILES string of the molecule is COc1cc(/C=N/Nc2nc(-c3ccccc3)cc(=O)[nH]2)ccc1OCc1ccccc1C. The van der Waals surface area contributed by atoms with Crippen LogP contribution in [0.25, 0.3) is 11.3 Å². The lowest BCUT2D eigenvalue weighted by molar-refractivity contribution is 0.284. The van der Waals surface area contributed by atoms with Crippen LogP contribution in [0.2, 0.25) is 0 Å². The van der Waals surface area contributed by atoms with Crippen molar-refractivity contribution in [2.45, 2.75) is 13.5 Å². The van der Waals surface area contributed by atoms with Gasteiger partial charge in [0.1, 0.15) is 6.61 Å². The predicted molar refractivity (Wildman–Crippen MR) is 130 cm³/mol. The number of aryl methyl sites for hydroxylation is 1. The Morgan fingerprint density at radius 1 is 1.00 bits per heavy atom. The molecule has 4 rings (SSSR count). The number of ether oxygens (including phenoxy) is 2. The highest BCUT2D eigenvalue weighted by Gasteiger charge is 2.07. The molecule has 0 amide bonds. The Morgan fingerprint density at radius 3 is 2.58 bits per heavy atom. The molecule has 0 atom stereocenters. The van der Waals surface area contributed by atoms with Gasteiger partial charge in [0.15, 0.2) is 11.5 Å². The molecule has 1 aromatic heterocycles. The van der Waals surface area contributed by atoms with E-state index in [2.05, 4.69) is 33.5 Å². The number of aromatic nitrogens is 2. The molecule has 0 radical (unpaired) electrons. The molecule has 7 heteroatoms. The molecule has 0 fully saturated rings. The number of benzene rings is 3. The quantitative estimate of drug-likeness (QED) is 0.304. The number of rotatable bonds is 8. The van der Waals surface area contributed by atoms with Gasteiger partial charge in [-0.05, 0) is 41.8 Å². The normalized spacial score (nSPS) is 10.8. The Hall–Kier alpha value is -4.39. The third-order valence-corrected chi connectivity index (χ3v) is 5.03. The van der Waals surface area contributed by atoms with Gasteiger partial charge in [-0.15, -0.1) is 0 Å². The number of anilines is 1. The van der Waals surface area contributed by atoms with Gasteiger partial charge >= 0.3 is 0 Å². The Balaban J connectivity index is 1.45. The largest absolute Gasteiger partial charge is 0.493 e. The molecule has 0 bridgehead atoms. The maximum atomic E-state index is 12.0. The zero-order valence-electron chi connectivity index (χ0n) is 18.4. The second-order valence-corrected chi connectivity index (χ2v) is 7.34. The first-order chi connectivity index (χ1) is 16.1. The number of aromatic amines is 1. The van der Waals surface area contributed by atoms with Crippen LogP contribution in [-0.2, 0) is 6.61 Å². The van der Waals surface area contributed by atoms with Gasteiger partial charge in [0.2, 0.25) is 5.95 Å². The first-order valence-electron chi connectivity index (χ1n) is 10.4. The number of hydrogen-bond acceptors (Lipinski definition) is 6. The molecule has 0 aliphatic rings. The highest BCUT2D eigenvalue weighted by Crippen LogP contribution is 2.28. The van der Waals surface area contributed by atoms with Crippen molar-refractivity contribution in [3.63, 3.8) is 0 Å². The minimum atomic E-state index is -0.265. The van der Waals surface area contributed by atoms with Gasteiger partial charge in [0.25, 0.3) is 5.56 Å². The topological polar surface area (TPSA) is 88.6 Å². The Kier molecular flexibility index (Phi) is 6.80. The average molecular weight is 441 g/mol. The van der Waals surface area contributed by atoms with Gasteiger partial charge in [-0.2, -0.15) is 5.10 Å². The van der Waals surface area contributed by atoms with Gasteiger partial charge in [-0.25, -0.2) is 10.4 Å². The smallest absolute Gasteiger partial charge is 0.252 e. The molecule has 0 spiro atoms. The van der Waals surface area contributed by atoms with E-state index in [-0.39, 0.29) is 11.5 Å². The first kappa shape index (κ1) is 21.8. The van der Waals surface area contributed by atoms with E-state index in [0.29, 0.717) is 23.8 Å². The van der Waals surface area contributed by atoms with Crippen LogP contribution in [0, 0.1) is 6.92 Å². The zero-order chi connectivity index (χ0) is 23.0. The van der Waals surface area contributed by atoms with E-state index < -0.39 is 0 Å². The minimum absolute atomic E-state index is 0.253. The molecule has 1 heterocycles.